The van der Waals surface area contributed by atoms with Gasteiger partial charge < -0.3 is 15.2 Å². The molecule has 29 heavy (non-hydrogen) atoms. The van der Waals surface area contributed by atoms with Crippen molar-refractivity contribution in [3.05, 3.63) is 60.4 Å². The van der Waals surface area contributed by atoms with Crippen molar-refractivity contribution >= 4 is 17.5 Å². The van der Waals surface area contributed by atoms with Gasteiger partial charge in [0.15, 0.2) is 0 Å². The average molecular weight is 392 g/mol. The van der Waals surface area contributed by atoms with Gasteiger partial charge in [0.1, 0.15) is 6.54 Å². The molecule has 150 valence electrons. The number of anilines is 1. The first kappa shape index (κ1) is 18.9. The highest BCUT2D eigenvalue weighted by molar-refractivity contribution is 6.06. The summed E-state index contributed by atoms with van der Waals surface area (Å²) < 4.78 is 3.33. The number of carbonyl (C=O) groups excluding carboxylic acids is 2. The maximum atomic E-state index is 12.9. The third-order valence-corrected chi connectivity index (χ3v) is 5.10. The van der Waals surface area contributed by atoms with Gasteiger partial charge in [-0.25, -0.2) is 4.98 Å². The first-order chi connectivity index (χ1) is 14.1. The van der Waals surface area contributed by atoms with Crippen LogP contribution in [-0.4, -0.2) is 37.2 Å². The molecule has 0 unspecified atom stereocenters. The number of carbonyl (C=O) groups is 2. The monoisotopic (exact) mass is 392 g/mol. The van der Waals surface area contributed by atoms with Crippen molar-refractivity contribution in [2.45, 2.75) is 45.2 Å². The third kappa shape index (κ3) is 4.53. The summed E-state index contributed by atoms with van der Waals surface area (Å²) in [6.45, 7) is 2.08. The zero-order valence-corrected chi connectivity index (χ0v) is 16.3. The lowest BCUT2D eigenvalue weighted by molar-refractivity contribution is -0.122. The second-order valence-corrected chi connectivity index (χ2v) is 7.42. The van der Waals surface area contributed by atoms with E-state index >= 15 is 0 Å². The van der Waals surface area contributed by atoms with Crippen LogP contribution in [0.3, 0.4) is 0 Å². The predicted octanol–water partition coefficient (Wildman–Crippen LogP) is 2.69. The lowest BCUT2D eigenvalue weighted by Crippen LogP contribution is -2.35. The van der Waals surface area contributed by atoms with Gasteiger partial charge in [0.2, 0.25) is 5.91 Å². The lowest BCUT2D eigenvalue weighted by Gasteiger charge is -2.12. The topological polar surface area (TPSA) is 93.8 Å². The first-order valence-electron chi connectivity index (χ1n) is 9.80. The smallest absolute Gasteiger partial charge is 0.257 e. The molecular formula is C21H24N6O2. The molecule has 0 atom stereocenters. The molecule has 2 aromatic heterocycles. The maximum absolute atomic E-state index is 12.9. The highest BCUT2D eigenvalue weighted by atomic mass is 16.2. The highest BCUT2D eigenvalue weighted by Gasteiger charge is 2.18. The summed E-state index contributed by atoms with van der Waals surface area (Å²) in [6, 6.07) is 5.96. The Bertz CT molecular complexity index is 1000. The van der Waals surface area contributed by atoms with E-state index in [1.54, 1.807) is 35.7 Å². The number of aryl methyl sites for hydroxylation is 1. The minimum Gasteiger partial charge on any atom is -0.352 e. The van der Waals surface area contributed by atoms with Crippen molar-refractivity contribution in [3.8, 4) is 5.69 Å². The highest BCUT2D eigenvalue weighted by Crippen LogP contribution is 2.19. The molecule has 1 aliphatic rings. The fourth-order valence-corrected chi connectivity index (χ4v) is 3.66. The van der Waals surface area contributed by atoms with Crippen molar-refractivity contribution < 1.29 is 9.59 Å². The summed E-state index contributed by atoms with van der Waals surface area (Å²) in [7, 11) is 0. The van der Waals surface area contributed by atoms with Crippen molar-refractivity contribution in [2.75, 3.05) is 5.32 Å². The van der Waals surface area contributed by atoms with Crippen LogP contribution in [0.1, 0.15) is 41.6 Å². The summed E-state index contributed by atoms with van der Waals surface area (Å²) in [4.78, 5) is 29.1. The van der Waals surface area contributed by atoms with E-state index in [1.807, 2.05) is 25.1 Å². The maximum Gasteiger partial charge on any atom is 0.257 e. The molecule has 4 rings (SSSR count). The number of nitrogens with one attached hydrogen (secondary N) is 2. The van der Waals surface area contributed by atoms with Crippen LogP contribution in [0.4, 0.5) is 5.69 Å². The average Bonchev–Trinajstić information content (AvgIpc) is 3.45. The van der Waals surface area contributed by atoms with Crippen molar-refractivity contribution in [2.24, 2.45) is 0 Å². The Balaban J connectivity index is 1.43. The second kappa shape index (κ2) is 8.30. The molecule has 8 heteroatoms. The molecular weight excluding hydrogens is 368 g/mol. The summed E-state index contributed by atoms with van der Waals surface area (Å²) in [6.07, 6.45) is 12.8. The van der Waals surface area contributed by atoms with Crippen LogP contribution in [0.25, 0.3) is 5.69 Å². The fraction of sp³-hybridized carbons (Fsp3) is 0.333. The van der Waals surface area contributed by atoms with E-state index in [9.17, 15) is 9.59 Å². The van der Waals surface area contributed by atoms with E-state index in [0.29, 0.717) is 11.3 Å². The number of hydrogen-bond donors (Lipinski definition) is 2. The number of hydrogen-bond acceptors (Lipinski definition) is 4. The number of rotatable bonds is 6. The van der Waals surface area contributed by atoms with Crippen molar-refractivity contribution in [1.29, 1.82) is 0 Å². The Morgan fingerprint density at radius 3 is 2.83 bits per heavy atom. The van der Waals surface area contributed by atoms with Gasteiger partial charge >= 0.3 is 0 Å². The molecule has 1 saturated carbocycles. The predicted molar refractivity (Wildman–Crippen MR) is 109 cm³/mol. The number of imidazole rings is 1. The number of nitrogens with zero attached hydrogens (tertiary/aromatic N) is 4. The van der Waals surface area contributed by atoms with Gasteiger partial charge in [-0.2, -0.15) is 5.10 Å². The van der Waals surface area contributed by atoms with E-state index in [2.05, 4.69) is 20.7 Å². The Hall–Kier alpha value is -3.42. The summed E-state index contributed by atoms with van der Waals surface area (Å²) in [5.41, 5.74) is 2.81. The molecule has 1 aromatic carbocycles. The summed E-state index contributed by atoms with van der Waals surface area (Å²) >= 11 is 0. The van der Waals surface area contributed by atoms with E-state index in [0.717, 1.165) is 24.1 Å². The van der Waals surface area contributed by atoms with Crippen LogP contribution in [-0.2, 0) is 11.3 Å². The normalized spacial score (nSPS) is 14.1. The summed E-state index contributed by atoms with van der Waals surface area (Å²) in [5.74, 6) is -0.300. The van der Waals surface area contributed by atoms with Crippen LogP contribution in [0, 0.1) is 6.92 Å². The van der Waals surface area contributed by atoms with Crippen LogP contribution in [0.2, 0.25) is 0 Å². The van der Waals surface area contributed by atoms with Gasteiger partial charge in [-0.15, -0.1) is 0 Å². The van der Waals surface area contributed by atoms with Crippen LogP contribution in [0.5, 0.6) is 0 Å². The minimum absolute atomic E-state index is 0.0565. The van der Waals surface area contributed by atoms with Crippen LogP contribution < -0.4 is 10.6 Å². The van der Waals surface area contributed by atoms with Gasteiger partial charge in [-0.05, 0) is 31.9 Å². The van der Waals surface area contributed by atoms with Gasteiger partial charge in [-0.3, -0.25) is 14.3 Å². The Kier molecular flexibility index (Phi) is 5.41. The zero-order valence-electron chi connectivity index (χ0n) is 16.3. The third-order valence-electron chi connectivity index (χ3n) is 5.10. The Morgan fingerprint density at radius 2 is 2.07 bits per heavy atom. The minimum atomic E-state index is -0.243. The molecule has 0 bridgehead atoms. The van der Waals surface area contributed by atoms with Gasteiger partial charge in [0.05, 0.1) is 29.5 Å². The standard InChI is InChI=1S/C21H24N6O2/c1-15-6-7-19(26-9-8-22-14-26)18(10-15)21(29)25-17-11-23-27(12-17)13-20(28)24-16-4-2-3-5-16/h6-12,14,16H,2-5,13H2,1H3,(H,24,28)(H,25,29). The molecule has 2 N–H and O–H groups in total. The van der Waals surface area contributed by atoms with Crippen LogP contribution >= 0.6 is 0 Å². The Morgan fingerprint density at radius 1 is 1.24 bits per heavy atom. The quantitative estimate of drug-likeness (QED) is 0.674. The number of amides is 2. The van der Waals surface area contributed by atoms with Crippen molar-refractivity contribution in [1.82, 2.24) is 24.6 Å². The SMILES string of the molecule is Cc1ccc(-n2ccnc2)c(C(=O)Nc2cnn(CC(=O)NC3CCCC3)c2)c1. The van der Waals surface area contributed by atoms with Crippen molar-refractivity contribution in [3.63, 3.8) is 0 Å². The Labute approximate surface area is 168 Å². The van der Waals surface area contributed by atoms with E-state index in [-0.39, 0.29) is 24.4 Å². The molecule has 0 spiro atoms. The van der Waals surface area contributed by atoms with E-state index in [1.165, 1.54) is 17.5 Å². The molecule has 0 aliphatic heterocycles. The summed E-state index contributed by atoms with van der Waals surface area (Å²) in [5, 5.41) is 10.1. The second-order valence-electron chi connectivity index (χ2n) is 7.42. The fourth-order valence-electron chi connectivity index (χ4n) is 3.66. The molecule has 8 nitrogen and oxygen atoms in total. The first-order valence-corrected chi connectivity index (χ1v) is 9.80. The molecule has 1 fully saturated rings. The van der Waals surface area contributed by atoms with Gasteiger partial charge in [-0.1, -0.05) is 24.5 Å². The number of aromatic nitrogens is 4. The van der Waals surface area contributed by atoms with E-state index < -0.39 is 0 Å². The zero-order chi connectivity index (χ0) is 20.2. The van der Waals surface area contributed by atoms with E-state index in [4.69, 9.17) is 0 Å². The molecule has 2 amide bonds. The molecule has 1 aliphatic carbocycles. The largest absolute Gasteiger partial charge is 0.352 e. The lowest BCUT2D eigenvalue weighted by atomic mass is 10.1. The van der Waals surface area contributed by atoms with Crippen LogP contribution in [0.15, 0.2) is 49.3 Å². The molecule has 0 saturated heterocycles. The number of benzene rings is 1. The van der Waals surface area contributed by atoms with Gasteiger partial charge in [0, 0.05) is 24.6 Å². The molecule has 0 radical (unpaired) electrons. The molecule has 2 heterocycles. The van der Waals surface area contributed by atoms with Gasteiger partial charge in [0.25, 0.3) is 5.91 Å². The molecule has 3 aromatic rings.